The van der Waals surface area contributed by atoms with Crippen molar-refractivity contribution in [3.05, 3.63) is 0 Å². The minimum atomic E-state index is -0.320. The van der Waals surface area contributed by atoms with Crippen LogP contribution in [0.1, 0.15) is 59.3 Å². The van der Waals surface area contributed by atoms with E-state index in [-0.39, 0.29) is 30.1 Å². The number of carbonyl (C=O) groups excluding carboxylic acids is 3. The van der Waals surface area contributed by atoms with E-state index in [4.69, 9.17) is 9.47 Å². The van der Waals surface area contributed by atoms with Crippen LogP contribution in [0.2, 0.25) is 0 Å². The average Bonchev–Trinajstić information content (AvgIpc) is 2.37. The number of Topliss-reactive ketones (excluding diaryl/α,β-unsaturated/α-hetero) is 1. The van der Waals surface area contributed by atoms with Crippen LogP contribution >= 0.6 is 0 Å². The molecule has 20 heavy (non-hydrogen) atoms. The number of rotatable bonds is 11. The molecule has 116 valence electrons. The second-order valence-corrected chi connectivity index (χ2v) is 4.72. The van der Waals surface area contributed by atoms with Crippen LogP contribution in [0.4, 0.5) is 0 Å². The van der Waals surface area contributed by atoms with E-state index in [9.17, 15) is 14.4 Å². The Balaban J connectivity index is 3.84. The minimum absolute atomic E-state index is 0.0171. The normalized spacial score (nSPS) is 11.8. The zero-order chi connectivity index (χ0) is 15.4. The summed E-state index contributed by atoms with van der Waals surface area (Å²) in [5.74, 6) is -0.749. The number of hydrogen-bond acceptors (Lipinski definition) is 5. The van der Waals surface area contributed by atoms with Crippen LogP contribution in [0.15, 0.2) is 0 Å². The lowest BCUT2D eigenvalue weighted by atomic mass is 9.94. The molecular formula is C15H26O5. The number of ether oxygens (including phenoxy) is 2. The second-order valence-electron chi connectivity index (χ2n) is 4.72. The Morgan fingerprint density at radius 1 is 0.900 bits per heavy atom. The predicted octanol–water partition coefficient (Wildman–Crippen LogP) is 2.66. The first kappa shape index (κ1) is 18.6. The summed E-state index contributed by atoms with van der Waals surface area (Å²) in [6.07, 6.45) is 3.66. The van der Waals surface area contributed by atoms with Gasteiger partial charge in [-0.05, 0) is 33.6 Å². The highest BCUT2D eigenvalue weighted by Gasteiger charge is 2.18. The summed E-state index contributed by atoms with van der Waals surface area (Å²) in [4.78, 5) is 34.0. The number of ketones is 1. The zero-order valence-corrected chi connectivity index (χ0v) is 12.8. The Morgan fingerprint density at radius 3 is 2.05 bits per heavy atom. The number of carbonyl (C=O) groups is 3. The number of esters is 2. The SMILES string of the molecule is CCOC(=O)CCCCCC(CC(=O)OCC)C(C)=O. The molecule has 0 N–H and O–H groups in total. The average molecular weight is 286 g/mol. The summed E-state index contributed by atoms with van der Waals surface area (Å²) in [6, 6.07) is 0. The molecule has 0 fully saturated rings. The third kappa shape index (κ3) is 9.53. The molecule has 0 aliphatic heterocycles. The number of hydrogen-bond donors (Lipinski definition) is 0. The van der Waals surface area contributed by atoms with Gasteiger partial charge in [-0.3, -0.25) is 14.4 Å². The lowest BCUT2D eigenvalue weighted by molar-refractivity contribution is -0.146. The van der Waals surface area contributed by atoms with Gasteiger partial charge in [0.1, 0.15) is 5.78 Å². The van der Waals surface area contributed by atoms with Crippen LogP contribution in [-0.4, -0.2) is 30.9 Å². The van der Waals surface area contributed by atoms with Crippen molar-refractivity contribution in [1.29, 1.82) is 0 Å². The first-order valence-corrected chi connectivity index (χ1v) is 7.32. The lowest BCUT2D eigenvalue weighted by Gasteiger charge is -2.12. The first-order chi connectivity index (χ1) is 9.51. The monoisotopic (exact) mass is 286 g/mol. The third-order valence-corrected chi connectivity index (χ3v) is 3.03. The first-order valence-electron chi connectivity index (χ1n) is 7.32. The van der Waals surface area contributed by atoms with E-state index in [0.29, 0.717) is 26.1 Å². The molecule has 1 atom stereocenters. The molecule has 0 rings (SSSR count). The zero-order valence-electron chi connectivity index (χ0n) is 12.8. The fraction of sp³-hybridized carbons (Fsp3) is 0.800. The van der Waals surface area contributed by atoms with Crippen molar-refractivity contribution < 1.29 is 23.9 Å². The fourth-order valence-corrected chi connectivity index (χ4v) is 1.94. The van der Waals surface area contributed by atoms with Gasteiger partial charge in [-0.2, -0.15) is 0 Å². The van der Waals surface area contributed by atoms with Crippen molar-refractivity contribution in [3.8, 4) is 0 Å². The topological polar surface area (TPSA) is 69.7 Å². The third-order valence-electron chi connectivity index (χ3n) is 3.03. The van der Waals surface area contributed by atoms with E-state index >= 15 is 0 Å². The van der Waals surface area contributed by atoms with Crippen LogP contribution in [0.25, 0.3) is 0 Å². The Bertz CT molecular complexity index is 311. The van der Waals surface area contributed by atoms with Gasteiger partial charge in [-0.15, -0.1) is 0 Å². The van der Waals surface area contributed by atoms with Crippen molar-refractivity contribution in [3.63, 3.8) is 0 Å². The minimum Gasteiger partial charge on any atom is -0.466 e. The Kier molecular flexibility index (Phi) is 10.6. The molecule has 0 aromatic rings. The van der Waals surface area contributed by atoms with E-state index < -0.39 is 0 Å². The molecular weight excluding hydrogens is 260 g/mol. The molecule has 0 radical (unpaired) electrons. The van der Waals surface area contributed by atoms with E-state index in [1.54, 1.807) is 13.8 Å². The number of unbranched alkanes of at least 4 members (excludes halogenated alkanes) is 2. The van der Waals surface area contributed by atoms with Crippen molar-refractivity contribution in [2.75, 3.05) is 13.2 Å². The van der Waals surface area contributed by atoms with Gasteiger partial charge in [0, 0.05) is 12.3 Å². The predicted molar refractivity (Wildman–Crippen MR) is 75.1 cm³/mol. The standard InChI is InChI=1S/C15H26O5/c1-4-19-14(17)10-8-6-7-9-13(12(3)16)11-15(18)20-5-2/h13H,4-11H2,1-3H3. The molecule has 0 aliphatic carbocycles. The molecule has 0 aromatic carbocycles. The molecule has 1 unspecified atom stereocenters. The maximum atomic E-state index is 11.5. The summed E-state index contributed by atoms with van der Waals surface area (Å²) < 4.78 is 9.69. The van der Waals surface area contributed by atoms with Gasteiger partial charge in [-0.1, -0.05) is 12.8 Å². The highest BCUT2D eigenvalue weighted by molar-refractivity contribution is 5.83. The van der Waals surface area contributed by atoms with Gasteiger partial charge in [-0.25, -0.2) is 0 Å². The van der Waals surface area contributed by atoms with Crippen LogP contribution in [0.3, 0.4) is 0 Å². The molecule has 0 saturated heterocycles. The summed E-state index contributed by atoms with van der Waals surface area (Å²) in [6.45, 7) is 5.77. The molecule has 0 saturated carbocycles. The summed E-state index contributed by atoms with van der Waals surface area (Å²) in [7, 11) is 0. The molecule has 0 aliphatic rings. The highest BCUT2D eigenvalue weighted by atomic mass is 16.5. The van der Waals surface area contributed by atoms with Crippen molar-refractivity contribution in [2.24, 2.45) is 5.92 Å². The molecule has 0 spiro atoms. The molecule has 5 nitrogen and oxygen atoms in total. The van der Waals surface area contributed by atoms with Gasteiger partial charge >= 0.3 is 11.9 Å². The van der Waals surface area contributed by atoms with Gasteiger partial charge in [0.2, 0.25) is 0 Å². The van der Waals surface area contributed by atoms with Gasteiger partial charge in [0.25, 0.3) is 0 Å². The maximum Gasteiger partial charge on any atom is 0.306 e. The maximum absolute atomic E-state index is 11.5. The van der Waals surface area contributed by atoms with E-state index in [0.717, 1.165) is 19.3 Å². The summed E-state index contributed by atoms with van der Waals surface area (Å²) in [5, 5.41) is 0. The second kappa shape index (κ2) is 11.4. The Hall–Kier alpha value is -1.39. The van der Waals surface area contributed by atoms with Crippen molar-refractivity contribution in [2.45, 2.75) is 59.3 Å². The van der Waals surface area contributed by atoms with Gasteiger partial charge < -0.3 is 9.47 Å². The highest BCUT2D eigenvalue weighted by Crippen LogP contribution is 2.16. The van der Waals surface area contributed by atoms with Crippen LogP contribution in [0.5, 0.6) is 0 Å². The van der Waals surface area contributed by atoms with E-state index in [2.05, 4.69) is 0 Å². The Labute approximate surface area is 121 Å². The van der Waals surface area contributed by atoms with Gasteiger partial charge in [0.15, 0.2) is 0 Å². The van der Waals surface area contributed by atoms with Crippen LogP contribution < -0.4 is 0 Å². The summed E-state index contributed by atoms with van der Waals surface area (Å²) >= 11 is 0. The molecule has 0 heterocycles. The van der Waals surface area contributed by atoms with Crippen molar-refractivity contribution >= 4 is 17.7 Å². The molecule has 5 heteroatoms. The van der Waals surface area contributed by atoms with Crippen LogP contribution in [0, 0.1) is 5.92 Å². The quantitative estimate of drug-likeness (QED) is 0.431. The molecule has 0 aromatic heterocycles. The van der Waals surface area contributed by atoms with Crippen LogP contribution in [-0.2, 0) is 23.9 Å². The fourth-order valence-electron chi connectivity index (χ4n) is 1.94. The van der Waals surface area contributed by atoms with E-state index in [1.165, 1.54) is 6.92 Å². The largest absolute Gasteiger partial charge is 0.466 e. The molecule has 0 bridgehead atoms. The smallest absolute Gasteiger partial charge is 0.306 e. The van der Waals surface area contributed by atoms with Crippen molar-refractivity contribution in [1.82, 2.24) is 0 Å². The van der Waals surface area contributed by atoms with Gasteiger partial charge in [0.05, 0.1) is 19.6 Å². The van der Waals surface area contributed by atoms with E-state index in [1.807, 2.05) is 0 Å². The summed E-state index contributed by atoms with van der Waals surface area (Å²) in [5.41, 5.74) is 0. The molecule has 0 amide bonds. The lowest BCUT2D eigenvalue weighted by Crippen LogP contribution is -2.17. The Morgan fingerprint density at radius 2 is 1.50 bits per heavy atom.